The first kappa shape index (κ1) is 19.3. The molecule has 1 aliphatic heterocycles. The molecule has 9 heteroatoms. The molecule has 0 unspecified atom stereocenters. The molecular formula is C20H20FN5O2S. The normalized spacial score (nSPS) is 17.9. The number of rotatable bonds is 5. The van der Waals surface area contributed by atoms with Gasteiger partial charge in [0.05, 0.1) is 12.6 Å². The van der Waals surface area contributed by atoms with Gasteiger partial charge in [0, 0.05) is 5.69 Å². The van der Waals surface area contributed by atoms with Gasteiger partial charge in [0.1, 0.15) is 22.6 Å². The number of aromatic nitrogens is 3. The lowest BCUT2D eigenvalue weighted by molar-refractivity contribution is -0.116. The Hall–Kier alpha value is -3.07. The highest BCUT2D eigenvalue weighted by Gasteiger charge is 2.37. The third kappa shape index (κ3) is 4.04. The Morgan fingerprint density at radius 2 is 1.93 bits per heavy atom. The maximum atomic E-state index is 13.4. The quantitative estimate of drug-likeness (QED) is 0.666. The van der Waals surface area contributed by atoms with E-state index in [0.29, 0.717) is 23.3 Å². The number of benzene rings is 2. The summed E-state index contributed by atoms with van der Waals surface area (Å²) in [6.45, 7) is 4.32. The standard InChI is InChI=1S/C20H20FN5O2S/c1-3-28-16-10-8-15(9-11-16)22-19(27)18-17(13-4-6-14(21)7-5-13)25-26-12(2)23-24-20(26)29-18/h4-11,17-18,25H,3H2,1-2H3,(H,22,27)/t17-,18-/m1/s1. The first-order chi connectivity index (χ1) is 14.0. The third-order valence-electron chi connectivity index (χ3n) is 4.52. The Balaban J connectivity index is 1.59. The molecule has 2 heterocycles. The summed E-state index contributed by atoms with van der Waals surface area (Å²) in [6, 6.07) is 12.9. The molecule has 0 spiro atoms. The van der Waals surface area contributed by atoms with Crippen LogP contribution in [-0.2, 0) is 4.79 Å². The number of ether oxygens (including phenoxy) is 1. The predicted molar refractivity (Wildman–Crippen MR) is 109 cm³/mol. The fourth-order valence-electron chi connectivity index (χ4n) is 3.10. The van der Waals surface area contributed by atoms with E-state index in [1.165, 1.54) is 23.9 Å². The topological polar surface area (TPSA) is 81.1 Å². The summed E-state index contributed by atoms with van der Waals surface area (Å²) in [4.78, 5) is 13.1. The third-order valence-corrected chi connectivity index (χ3v) is 5.73. The van der Waals surface area contributed by atoms with E-state index in [4.69, 9.17) is 4.74 Å². The lowest BCUT2D eigenvalue weighted by Gasteiger charge is -2.32. The van der Waals surface area contributed by atoms with E-state index < -0.39 is 5.25 Å². The molecule has 0 bridgehead atoms. The largest absolute Gasteiger partial charge is 0.494 e. The van der Waals surface area contributed by atoms with Gasteiger partial charge in [-0.1, -0.05) is 23.9 Å². The summed E-state index contributed by atoms with van der Waals surface area (Å²) in [5.74, 6) is 0.915. The number of nitrogens with one attached hydrogen (secondary N) is 2. The minimum Gasteiger partial charge on any atom is -0.494 e. The van der Waals surface area contributed by atoms with E-state index in [1.807, 2.05) is 26.0 Å². The second-order valence-electron chi connectivity index (χ2n) is 6.51. The van der Waals surface area contributed by atoms with Crippen molar-refractivity contribution >= 4 is 23.4 Å². The van der Waals surface area contributed by atoms with E-state index in [-0.39, 0.29) is 17.8 Å². The Bertz CT molecular complexity index is 1010. The van der Waals surface area contributed by atoms with Gasteiger partial charge in [-0.05, 0) is 55.8 Å². The fourth-order valence-corrected chi connectivity index (χ4v) is 4.22. The number of fused-ring (bicyclic) bond motifs is 1. The van der Waals surface area contributed by atoms with E-state index in [1.54, 1.807) is 28.9 Å². The SMILES string of the molecule is CCOc1ccc(NC(=O)[C@@H]2Sc3nnc(C)n3N[C@@H]2c2ccc(F)cc2)cc1. The molecule has 2 aromatic carbocycles. The van der Waals surface area contributed by atoms with Crippen LogP contribution >= 0.6 is 11.8 Å². The molecule has 1 aromatic heterocycles. The number of amides is 1. The molecular weight excluding hydrogens is 393 g/mol. The maximum absolute atomic E-state index is 13.4. The number of halogens is 1. The summed E-state index contributed by atoms with van der Waals surface area (Å²) in [6.07, 6.45) is 0. The number of hydrogen-bond acceptors (Lipinski definition) is 6. The van der Waals surface area contributed by atoms with E-state index in [0.717, 1.165) is 11.3 Å². The Kier molecular flexibility index (Phi) is 5.39. The van der Waals surface area contributed by atoms with Crippen molar-refractivity contribution in [2.24, 2.45) is 0 Å². The summed E-state index contributed by atoms with van der Waals surface area (Å²) in [7, 11) is 0. The number of thioether (sulfide) groups is 1. The average Bonchev–Trinajstić information content (AvgIpc) is 3.09. The number of carbonyl (C=O) groups is 1. The highest BCUT2D eigenvalue weighted by Crippen LogP contribution is 2.37. The average molecular weight is 413 g/mol. The van der Waals surface area contributed by atoms with Gasteiger partial charge < -0.3 is 15.5 Å². The van der Waals surface area contributed by atoms with Gasteiger partial charge in [0.15, 0.2) is 0 Å². The summed E-state index contributed by atoms with van der Waals surface area (Å²) in [5, 5.41) is 11.2. The van der Waals surface area contributed by atoms with Crippen LogP contribution in [0.3, 0.4) is 0 Å². The van der Waals surface area contributed by atoms with Crippen LogP contribution < -0.4 is 15.5 Å². The highest BCUT2D eigenvalue weighted by molar-refractivity contribution is 8.00. The van der Waals surface area contributed by atoms with Gasteiger partial charge in [-0.3, -0.25) is 4.79 Å². The zero-order valence-electron chi connectivity index (χ0n) is 15.9. The molecule has 0 aliphatic carbocycles. The molecule has 2 N–H and O–H groups in total. The van der Waals surface area contributed by atoms with Gasteiger partial charge in [0.25, 0.3) is 0 Å². The van der Waals surface area contributed by atoms with Crippen LogP contribution in [0.2, 0.25) is 0 Å². The van der Waals surface area contributed by atoms with E-state index >= 15 is 0 Å². The molecule has 2 atom stereocenters. The number of anilines is 1. The monoisotopic (exact) mass is 413 g/mol. The van der Waals surface area contributed by atoms with E-state index in [2.05, 4.69) is 20.9 Å². The lowest BCUT2D eigenvalue weighted by atomic mass is 10.0. The van der Waals surface area contributed by atoms with Crippen LogP contribution in [0.15, 0.2) is 53.7 Å². The number of carbonyl (C=O) groups excluding carboxylic acids is 1. The van der Waals surface area contributed by atoms with Gasteiger partial charge >= 0.3 is 0 Å². The molecule has 4 rings (SSSR count). The van der Waals surface area contributed by atoms with Crippen molar-refractivity contribution in [3.8, 4) is 5.75 Å². The molecule has 0 fully saturated rings. The van der Waals surface area contributed by atoms with Crippen molar-refractivity contribution in [2.75, 3.05) is 17.3 Å². The highest BCUT2D eigenvalue weighted by atomic mass is 32.2. The first-order valence-electron chi connectivity index (χ1n) is 9.19. The van der Waals surface area contributed by atoms with Gasteiger partial charge in [-0.15, -0.1) is 10.2 Å². The zero-order chi connectivity index (χ0) is 20.4. The molecule has 0 saturated heterocycles. The molecule has 7 nitrogen and oxygen atoms in total. The van der Waals surface area contributed by atoms with Crippen LogP contribution in [0.4, 0.5) is 10.1 Å². The minimum absolute atomic E-state index is 0.187. The van der Waals surface area contributed by atoms with Crippen LogP contribution in [0.1, 0.15) is 24.4 Å². The fraction of sp³-hybridized carbons (Fsp3) is 0.250. The number of nitrogens with zero attached hydrogens (tertiary/aromatic N) is 3. The van der Waals surface area contributed by atoms with Gasteiger partial charge in [0.2, 0.25) is 11.1 Å². The molecule has 0 saturated carbocycles. The van der Waals surface area contributed by atoms with Gasteiger partial charge in [-0.2, -0.15) is 0 Å². The van der Waals surface area contributed by atoms with Crippen molar-refractivity contribution in [3.05, 3.63) is 65.7 Å². The number of hydrogen-bond donors (Lipinski definition) is 2. The Morgan fingerprint density at radius 1 is 1.21 bits per heavy atom. The Labute approximate surface area is 171 Å². The van der Waals surface area contributed by atoms with E-state index in [9.17, 15) is 9.18 Å². The van der Waals surface area contributed by atoms with Crippen molar-refractivity contribution in [3.63, 3.8) is 0 Å². The molecule has 0 radical (unpaired) electrons. The maximum Gasteiger partial charge on any atom is 0.240 e. The second-order valence-corrected chi connectivity index (χ2v) is 7.62. The summed E-state index contributed by atoms with van der Waals surface area (Å²) < 4.78 is 20.6. The van der Waals surface area contributed by atoms with Crippen molar-refractivity contribution in [1.29, 1.82) is 0 Å². The lowest BCUT2D eigenvalue weighted by Crippen LogP contribution is -2.41. The smallest absolute Gasteiger partial charge is 0.240 e. The van der Waals surface area contributed by atoms with Crippen molar-refractivity contribution < 1.29 is 13.9 Å². The molecule has 29 heavy (non-hydrogen) atoms. The van der Waals surface area contributed by atoms with Gasteiger partial charge in [-0.25, -0.2) is 9.07 Å². The van der Waals surface area contributed by atoms with Crippen molar-refractivity contribution in [2.45, 2.75) is 30.3 Å². The summed E-state index contributed by atoms with van der Waals surface area (Å²) in [5.41, 5.74) is 4.75. The van der Waals surface area contributed by atoms with Crippen LogP contribution in [0, 0.1) is 12.7 Å². The Morgan fingerprint density at radius 3 is 2.62 bits per heavy atom. The second kappa shape index (κ2) is 8.12. The molecule has 150 valence electrons. The minimum atomic E-state index is -0.525. The van der Waals surface area contributed by atoms with Crippen molar-refractivity contribution in [1.82, 2.24) is 14.9 Å². The molecule has 1 amide bonds. The summed E-state index contributed by atoms with van der Waals surface area (Å²) >= 11 is 1.32. The van der Waals surface area contributed by atoms with Crippen LogP contribution in [-0.4, -0.2) is 32.6 Å². The predicted octanol–water partition coefficient (Wildman–Crippen LogP) is 3.52. The zero-order valence-corrected chi connectivity index (χ0v) is 16.7. The molecule has 3 aromatic rings. The van der Waals surface area contributed by atoms with Crippen LogP contribution in [0.5, 0.6) is 5.75 Å². The van der Waals surface area contributed by atoms with Crippen LogP contribution in [0.25, 0.3) is 0 Å². The molecule has 1 aliphatic rings. The number of aryl methyl sites for hydroxylation is 1. The first-order valence-corrected chi connectivity index (χ1v) is 10.1.